The molecular formula is C16H27N3. The van der Waals surface area contributed by atoms with Gasteiger partial charge in [0.2, 0.25) is 0 Å². The van der Waals surface area contributed by atoms with Crippen molar-refractivity contribution in [3.05, 3.63) is 34.9 Å². The number of nitrogens with zero attached hydrogens (tertiary/aromatic N) is 2. The van der Waals surface area contributed by atoms with E-state index in [0.717, 1.165) is 39.3 Å². The highest BCUT2D eigenvalue weighted by atomic mass is 15.3. The number of benzene rings is 1. The van der Waals surface area contributed by atoms with Crippen LogP contribution in [0.5, 0.6) is 0 Å². The lowest BCUT2D eigenvalue weighted by Gasteiger charge is -2.37. The van der Waals surface area contributed by atoms with Gasteiger partial charge in [0.1, 0.15) is 0 Å². The van der Waals surface area contributed by atoms with E-state index in [1.54, 1.807) is 0 Å². The van der Waals surface area contributed by atoms with Gasteiger partial charge in [-0.1, -0.05) is 18.2 Å². The average Bonchev–Trinajstić information content (AvgIpc) is 2.43. The van der Waals surface area contributed by atoms with Crippen LogP contribution in [-0.2, 0) is 6.54 Å². The van der Waals surface area contributed by atoms with Crippen molar-refractivity contribution >= 4 is 0 Å². The maximum atomic E-state index is 5.74. The molecule has 0 amide bonds. The zero-order valence-corrected chi connectivity index (χ0v) is 12.5. The Bertz CT molecular complexity index is 408. The second-order valence-electron chi connectivity index (χ2n) is 5.82. The van der Waals surface area contributed by atoms with Crippen molar-refractivity contribution in [1.82, 2.24) is 9.80 Å². The molecule has 0 spiro atoms. The minimum atomic E-state index is 0.517. The highest BCUT2D eigenvalue weighted by molar-refractivity contribution is 5.29. The van der Waals surface area contributed by atoms with Gasteiger partial charge in [-0.2, -0.15) is 0 Å². The predicted molar refractivity (Wildman–Crippen MR) is 81.3 cm³/mol. The largest absolute Gasteiger partial charge is 0.329 e. The number of hydrogen-bond acceptors (Lipinski definition) is 3. The van der Waals surface area contributed by atoms with Crippen molar-refractivity contribution in [2.45, 2.75) is 33.4 Å². The third-order valence-corrected chi connectivity index (χ3v) is 4.35. The molecule has 106 valence electrons. The topological polar surface area (TPSA) is 32.5 Å². The first-order chi connectivity index (χ1) is 9.10. The maximum absolute atomic E-state index is 5.74. The molecule has 19 heavy (non-hydrogen) atoms. The minimum Gasteiger partial charge on any atom is -0.329 e. The standard InChI is InChI=1S/C16H27N3/c1-13-4-5-16(10-14(13)2)12-18-6-8-19(9-7-18)15(3)11-17/h4-5,10,15H,6-9,11-12,17H2,1-3H3. The van der Waals surface area contributed by atoms with Gasteiger partial charge in [-0.25, -0.2) is 0 Å². The van der Waals surface area contributed by atoms with Crippen molar-refractivity contribution in [3.8, 4) is 0 Å². The number of rotatable bonds is 4. The monoisotopic (exact) mass is 261 g/mol. The summed E-state index contributed by atoms with van der Waals surface area (Å²) in [6.07, 6.45) is 0. The third-order valence-electron chi connectivity index (χ3n) is 4.35. The van der Waals surface area contributed by atoms with Crippen LogP contribution in [0.4, 0.5) is 0 Å². The number of piperazine rings is 1. The van der Waals surface area contributed by atoms with Gasteiger partial charge in [-0.15, -0.1) is 0 Å². The molecule has 1 aromatic carbocycles. The normalized spacial score (nSPS) is 19.6. The second kappa shape index (κ2) is 6.51. The molecule has 1 fully saturated rings. The van der Waals surface area contributed by atoms with E-state index in [1.807, 2.05) is 0 Å². The Labute approximate surface area is 117 Å². The van der Waals surface area contributed by atoms with Crippen molar-refractivity contribution in [3.63, 3.8) is 0 Å². The molecule has 0 bridgehead atoms. The first kappa shape index (κ1) is 14.5. The molecule has 1 aromatic rings. The highest BCUT2D eigenvalue weighted by Crippen LogP contribution is 2.14. The molecule has 3 nitrogen and oxygen atoms in total. The lowest BCUT2D eigenvalue weighted by atomic mass is 10.1. The van der Waals surface area contributed by atoms with E-state index in [1.165, 1.54) is 16.7 Å². The molecule has 1 atom stereocenters. The number of aryl methyl sites for hydroxylation is 2. The average molecular weight is 261 g/mol. The van der Waals surface area contributed by atoms with Crippen molar-refractivity contribution < 1.29 is 0 Å². The van der Waals surface area contributed by atoms with E-state index in [4.69, 9.17) is 5.73 Å². The first-order valence-corrected chi connectivity index (χ1v) is 7.32. The van der Waals surface area contributed by atoms with Gasteiger partial charge in [0.05, 0.1) is 0 Å². The zero-order chi connectivity index (χ0) is 13.8. The summed E-state index contributed by atoms with van der Waals surface area (Å²) in [5.41, 5.74) is 9.95. The van der Waals surface area contributed by atoms with Crippen LogP contribution in [0, 0.1) is 13.8 Å². The van der Waals surface area contributed by atoms with Gasteiger partial charge in [0.25, 0.3) is 0 Å². The smallest absolute Gasteiger partial charge is 0.0234 e. The van der Waals surface area contributed by atoms with E-state index in [2.05, 4.69) is 48.8 Å². The van der Waals surface area contributed by atoms with E-state index in [-0.39, 0.29) is 0 Å². The van der Waals surface area contributed by atoms with E-state index < -0.39 is 0 Å². The summed E-state index contributed by atoms with van der Waals surface area (Å²) < 4.78 is 0. The van der Waals surface area contributed by atoms with Gasteiger partial charge < -0.3 is 5.73 Å². The fourth-order valence-electron chi connectivity index (χ4n) is 2.67. The molecule has 2 rings (SSSR count). The Hall–Kier alpha value is -0.900. The molecule has 1 aliphatic rings. The Balaban J connectivity index is 1.87. The van der Waals surface area contributed by atoms with E-state index >= 15 is 0 Å². The van der Waals surface area contributed by atoms with Crippen molar-refractivity contribution in [2.75, 3.05) is 32.7 Å². The first-order valence-electron chi connectivity index (χ1n) is 7.32. The molecule has 0 radical (unpaired) electrons. The van der Waals surface area contributed by atoms with Crippen LogP contribution >= 0.6 is 0 Å². The molecule has 2 N–H and O–H groups in total. The molecule has 1 heterocycles. The Morgan fingerprint density at radius 2 is 1.79 bits per heavy atom. The van der Waals surface area contributed by atoms with Gasteiger partial charge in [-0.05, 0) is 37.5 Å². The molecule has 1 saturated heterocycles. The summed E-state index contributed by atoms with van der Waals surface area (Å²) in [7, 11) is 0. The summed E-state index contributed by atoms with van der Waals surface area (Å²) in [5, 5.41) is 0. The van der Waals surface area contributed by atoms with Gasteiger partial charge in [-0.3, -0.25) is 9.80 Å². The van der Waals surface area contributed by atoms with Gasteiger partial charge in [0.15, 0.2) is 0 Å². The lowest BCUT2D eigenvalue weighted by molar-refractivity contribution is 0.100. The fraction of sp³-hybridized carbons (Fsp3) is 0.625. The van der Waals surface area contributed by atoms with Crippen LogP contribution in [0.2, 0.25) is 0 Å². The Morgan fingerprint density at radius 3 is 2.37 bits per heavy atom. The molecular weight excluding hydrogens is 234 g/mol. The number of hydrogen-bond donors (Lipinski definition) is 1. The third kappa shape index (κ3) is 3.78. The van der Waals surface area contributed by atoms with Crippen LogP contribution < -0.4 is 5.73 Å². The maximum Gasteiger partial charge on any atom is 0.0234 e. The van der Waals surface area contributed by atoms with E-state index in [9.17, 15) is 0 Å². The Kier molecular flexibility index (Phi) is 4.97. The molecule has 0 saturated carbocycles. The molecule has 1 unspecified atom stereocenters. The molecule has 3 heteroatoms. The Morgan fingerprint density at radius 1 is 1.11 bits per heavy atom. The highest BCUT2D eigenvalue weighted by Gasteiger charge is 2.20. The predicted octanol–water partition coefficient (Wildman–Crippen LogP) is 1.77. The summed E-state index contributed by atoms with van der Waals surface area (Å²) in [4.78, 5) is 5.04. The lowest BCUT2D eigenvalue weighted by Crippen LogP contribution is -2.51. The number of nitrogens with two attached hydrogens (primary N) is 1. The molecule has 1 aliphatic heterocycles. The summed E-state index contributed by atoms with van der Waals surface area (Å²) >= 11 is 0. The fourth-order valence-corrected chi connectivity index (χ4v) is 2.67. The summed E-state index contributed by atoms with van der Waals surface area (Å²) in [5.74, 6) is 0. The van der Waals surface area contributed by atoms with Gasteiger partial charge in [0, 0.05) is 45.3 Å². The SMILES string of the molecule is Cc1ccc(CN2CCN(C(C)CN)CC2)cc1C. The van der Waals surface area contributed by atoms with Crippen LogP contribution in [0.3, 0.4) is 0 Å². The second-order valence-corrected chi connectivity index (χ2v) is 5.82. The van der Waals surface area contributed by atoms with Crippen LogP contribution in [-0.4, -0.2) is 48.6 Å². The minimum absolute atomic E-state index is 0.517. The van der Waals surface area contributed by atoms with Crippen molar-refractivity contribution in [1.29, 1.82) is 0 Å². The van der Waals surface area contributed by atoms with Crippen LogP contribution in [0.15, 0.2) is 18.2 Å². The molecule has 0 aromatic heterocycles. The molecule has 0 aliphatic carbocycles. The van der Waals surface area contributed by atoms with E-state index in [0.29, 0.717) is 6.04 Å². The summed E-state index contributed by atoms with van der Waals surface area (Å²) in [6, 6.07) is 7.34. The van der Waals surface area contributed by atoms with Gasteiger partial charge >= 0.3 is 0 Å². The zero-order valence-electron chi connectivity index (χ0n) is 12.5. The van der Waals surface area contributed by atoms with Crippen molar-refractivity contribution in [2.24, 2.45) is 5.73 Å². The quantitative estimate of drug-likeness (QED) is 0.896. The summed E-state index contributed by atoms with van der Waals surface area (Å²) in [6.45, 7) is 13.0. The van der Waals surface area contributed by atoms with Crippen LogP contribution in [0.1, 0.15) is 23.6 Å². The van der Waals surface area contributed by atoms with Crippen LogP contribution in [0.25, 0.3) is 0 Å².